The Morgan fingerprint density at radius 1 is 1.25 bits per heavy atom. The molecule has 0 unspecified atom stereocenters. The molecule has 7 heteroatoms. The smallest absolute Gasteiger partial charge is 0.245 e. The molecule has 0 spiro atoms. The molecule has 2 aromatic rings. The van der Waals surface area contributed by atoms with Crippen molar-refractivity contribution >= 4 is 29.4 Å². The van der Waals surface area contributed by atoms with Crippen molar-refractivity contribution in [3.05, 3.63) is 42.7 Å². The second-order valence-corrected chi connectivity index (χ2v) is 6.25. The van der Waals surface area contributed by atoms with Crippen LogP contribution in [0.5, 0.6) is 0 Å². The number of aromatic nitrogens is 1. The van der Waals surface area contributed by atoms with E-state index >= 15 is 0 Å². The summed E-state index contributed by atoms with van der Waals surface area (Å²) >= 11 is 1.47. The molecule has 1 aromatic carbocycles. The Morgan fingerprint density at radius 2 is 2.04 bits per heavy atom. The highest BCUT2D eigenvalue weighted by molar-refractivity contribution is 8.00. The summed E-state index contributed by atoms with van der Waals surface area (Å²) in [6.07, 6.45) is 3.20. The quantitative estimate of drug-likeness (QED) is 0.706. The van der Waals surface area contributed by atoms with Gasteiger partial charge in [-0.1, -0.05) is 36.7 Å². The first kappa shape index (κ1) is 18.1. The molecule has 2 rings (SSSR count). The Kier molecular flexibility index (Phi) is 7.35. The fourth-order valence-corrected chi connectivity index (χ4v) is 2.85. The first-order valence-corrected chi connectivity index (χ1v) is 8.83. The van der Waals surface area contributed by atoms with E-state index < -0.39 is 0 Å². The van der Waals surface area contributed by atoms with Crippen LogP contribution in [0.2, 0.25) is 0 Å². The van der Waals surface area contributed by atoms with Gasteiger partial charge in [0.25, 0.3) is 0 Å². The molecule has 1 N–H and O–H groups in total. The van der Waals surface area contributed by atoms with E-state index in [2.05, 4.69) is 21.9 Å². The number of nitrogens with one attached hydrogen (secondary N) is 1. The first-order chi connectivity index (χ1) is 11.7. The van der Waals surface area contributed by atoms with Crippen molar-refractivity contribution in [2.75, 3.05) is 24.2 Å². The van der Waals surface area contributed by atoms with Gasteiger partial charge in [0.05, 0.1) is 12.3 Å². The van der Waals surface area contributed by atoms with E-state index in [-0.39, 0.29) is 18.4 Å². The van der Waals surface area contributed by atoms with Gasteiger partial charge in [0.2, 0.25) is 11.8 Å². The zero-order valence-electron chi connectivity index (χ0n) is 13.6. The normalized spacial score (nSPS) is 10.4. The van der Waals surface area contributed by atoms with Crippen molar-refractivity contribution < 1.29 is 14.1 Å². The average molecular weight is 347 g/mol. The molecule has 0 saturated carbocycles. The first-order valence-electron chi connectivity index (χ1n) is 7.85. The van der Waals surface area contributed by atoms with Crippen LogP contribution in [0, 0.1) is 0 Å². The maximum atomic E-state index is 12.5. The summed E-state index contributed by atoms with van der Waals surface area (Å²) in [4.78, 5) is 27.1. The molecule has 0 saturated heterocycles. The van der Waals surface area contributed by atoms with Crippen molar-refractivity contribution in [2.45, 2.75) is 24.7 Å². The molecule has 128 valence electrons. The maximum absolute atomic E-state index is 12.5. The third kappa shape index (κ3) is 6.08. The summed E-state index contributed by atoms with van der Waals surface area (Å²) in [5.74, 6) is 0.331. The zero-order chi connectivity index (χ0) is 17.2. The number of nitrogens with zero attached hydrogens (tertiary/aromatic N) is 2. The highest BCUT2D eigenvalue weighted by Crippen LogP contribution is 2.17. The van der Waals surface area contributed by atoms with E-state index in [0.29, 0.717) is 18.1 Å². The van der Waals surface area contributed by atoms with Gasteiger partial charge in [0.15, 0.2) is 5.82 Å². The van der Waals surface area contributed by atoms with E-state index in [1.165, 1.54) is 18.0 Å². The van der Waals surface area contributed by atoms with E-state index in [1.807, 2.05) is 30.3 Å². The molecule has 0 bridgehead atoms. The van der Waals surface area contributed by atoms with E-state index in [4.69, 9.17) is 0 Å². The minimum Gasteiger partial charge on any atom is -0.363 e. The number of carbonyl (C=O) groups is 2. The van der Waals surface area contributed by atoms with E-state index in [0.717, 1.165) is 17.7 Å². The molecular weight excluding hydrogens is 326 g/mol. The second kappa shape index (κ2) is 9.77. The van der Waals surface area contributed by atoms with Gasteiger partial charge in [-0.25, -0.2) is 0 Å². The largest absolute Gasteiger partial charge is 0.363 e. The van der Waals surface area contributed by atoms with Crippen molar-refractivity contribution in [3.8, 4) is 0 Å². The number of anilines is 1. The molecule has 0 aliphatic rings. The van der Waals surface area contributed by atoms with Crippen molar-refractivity contribution in [3.63, 3.8) is 0 Å². The lowest BCUT2D eigenvalue weighted by molar-refractivity contribution is -0.132. The maximum Gasteiger partial charge on any atom is 0.245 e. The fraction of sp³-hybridized carbons (Fsp3) is 0.353. The Hall–Kier alpha value is -2.28. The Bertz CT molecular complexity index is 632. The number of benzene rings is 1. The van der Waals surface area contributed by atoms with Gasteiger partial charge < -0.3 is 14.7 Å². The molecule has 2 amide bonds. The monoisotopic (exact) mass is 347 g/mol. The topological polar surface area (TPSA) is 75.4 Å². The van der Waals surface area contributed by atoms with Gasteiger partial charge in [-0.15, -0.1) is 11.8 Å². The summed E-state index contributed by atoms with van der Waals surface area (Å²) in [6.45, 7) is 2.63. The predicted octanol–water partition coefficient (Wildman–Crippen LogP) is 3.03. The third-order valence-electron chi connectivity index (χ3n) is 3.28. The Balaban J connectivity index is 1.88. The van der Waals surface area contributed by atoms with Crippen molar-refractivity contribution in [1.29, 1.82) is 0 Å². The van der Waals surface area contributed by atoms with Gasteiger partial charge in [-0.05, 0) is 18.6 Å². The van der Waals surface area contributed by atoms with Crippen LogP contribution in [0.25, 0.3) is 0 Å². The standard InChI is InChI=1S/C17H21N3O3S/c1-2-3-10-20(12-16(21)18-15-9-11-23-19-15)17(22)13-24-14-7-5-4-6-8-14/h4-9,11H,2-3,10,12-13H2,1H3,(H,18,19,21). The van der Waals surface area contributed by atoms with Gasteiger partial charge in [0.1, 0.15) is 6.26 Å². The Labute approximate surface area is 145 Å². The summed E-state index contributed by atoms with van der Waals surface area (Å²) in [7, 11) is 0. The van der Waals surface area contributed by atoms with E-state index in [9.17, 15) is 9.59 Å². The predicted molar refractivity (Wildman–Crippen MR) is 93.8 cm³/mol. The van der Waals surface area contributed by atoms with Crippen LogP contribution >= 0.6 is 11.8 Å². The number of thioether (sulfide) groups is 1. The molecule has 1 aromatic heterocycles. The van der Waals surface area contributed by atoms with Crippen LogP contribution in [0.1, 0.15) is 19.8 Å². The van der Waals surface area contributed by atoms with E-state index in [1.54, 1.807) is 11.0 Å². The second-order valence-electron chi connectivity index (χ2n) is 5.20. The van der Waals surface area contributed by atoms with Gasteiger partial charge in [0, 0.05) is 17.5 Å². The summed E-state index contributed by atoms with van der Waals surface area (Å²) in [6, 6.07) is 11.3. The summed E-state index contributed by atoms with van der Waals surface area (Å²) in [5.41, 5.74) is 0. The molecule has 0 aliphatic heterocycles. The number of unbranched alkanes of at least 4 members (excludes halogenated alkanes) is 1. The molecule has 1 heterocycles. The van der Waals surface area contributed by atoms with Crippen LogP contribution in [-0.2, 0) is 9.59 Å². The average Bonchev–Trinajstić information content (AvgIpc) is 3.10. The SMILES string of the molecule is CCCCN(CC(=O)Nc1ccon1)C(=O)CSc1ccccc1. The molecule has 6 nitrogen and oxygen atoms in total. The molecule has 0 fully saturated rings. The van der Waals surface area contributed by atoms with Crippen LogP contribution in [0.3, 0.4) is 0 Å². The van der Waals surface area contributed by atoms with Gasteiger partial charge in [-0.2, -0.15) is 0 Å². The number of rotatable bonds is 9. The lowest BCUT2D eigenvalue weighted by Gasteiger charge is -2.21. The summed E-state index contributed by atoms with van der Waals surface area (Å²) in [5, 5.41) is 6.25. The van der Waals surface area contributed by atoms with Crippen LogP contribution < -0.4 is 5.32 Å². The Morgan fingerprint density at radius 3 is 2.71 bits per heavy atom. The lowest BCUT2D eigenvalue weighted by atomic mass is 10.3. The third-order valence-corrected chi connectivity index (χ3v) is 4.28. The highest BCUT2D eigenvalue weighted by Gasteiger charge is 2.17. The molecule has 24 heavy (non-hydrogen) atoms. The molecule has 0 radical (unpaired) electrons. The summed E-state index contributed by atoms with van der Waals surface area (Å²) < 4.78 is 4.67. The molecular formula is C17H21N3O3S. The van der Waals surface area contributed by atoms with Crippen LogP contribution in [-0.4, -0.2) is 40.7 Å². The number of hydrogen-bond donors (Lipinski definition) is 1. The van der Waals surface area contributed by atoms with Crippen molar-refractivity contribution in [1.82, 2.24) is 10.1 Å². The highest BCUT2D eigenvalue weighted by atomic mass is 32.2. The van der Waals surface area contributed by atoms with Gasteiger partial charge in [-0.3, -0.25) is 9.59 Å². The minimum atomic E-state index is -0.280. The zero-order valence-corrected chi connectivity index (χ0v) is 14.4. The fourth-order valence-electron chi connectivity index (χ4n) is 2.03. The van der Waals surface area contributed by atoms with Crippen molar-refractivity contribution in [2.24, 2.45) is 0 Å². The number of amides is 2. The van der Waals surface area contributed by atoms with Crippen LogP contribution in [0.15, 0.2) is 52.1 Å². The molecule has 0 aliphatic carbocycles. The number of hydrogen-bond acceptors (Lipinski definition) is 5. The van der Waals surface area contributed by atoms with Crippen LogP contribution in [0.4, 0.5) is 5.82 Å². The molecule has 0 atom stereocenters. The lowest BCUT2D eigenvalue weighted by Crippen LogP contribution is -2.39. The number of carbonyl (C=O) groups excluding carboxylic acids is 2. The van der Waals surface area contributed by atoms with Gasteiger partial charge >= 0.3 is 0 Å². The minimum absolute atomic E-state index is 0.0149.